The average molecular weight is 278 g/mol. The number of ketones is 1. The Morgan fingerprint density at radius 1 is 1.25 bits per heavy atom. The van der Waals surface area contributed by atoms with Crippen LogP contribution in [0.1, 0.15) is 60.5 Å². The third-order valence-corrected chi connectivity index (χ3v) is 4.15. The van der Waals surface area contributed by atoms with Crippen molar-refractivity contribution in [3.05, 3.63) is 34.6 Å². The van der Waals surface area contributed by atoms with Crippen molar-refractivity contribution in [2.24, 2.45) is 0 Å². The lowest BCUT2D eigenvalue weighted by atomic mass is 9.78. The summed E-state index contributed by atoms with van der Waals surface area (Å²) in [5.41, 5.74) is 0.946. The van der Waals surface area contributed by atoms with Gasteiger partial charge in [-0.3, -0.25) is 4.79 Å². The Morgan fingerprint density at radius 2 is 1.90 bits per heavy atom. The molecule has 0 radical (unpaired) electrons. The van der Waals surface area contributed by atoms with Crippen molar-refractivity contribution >= 4 is 5.78 Å². The van der Waals surface area contributed by atoms with Crippen LogP contribution < -0.4 is 0 Å². The summed E-state index contributed by atoms with van der Waals surface area (Å²) in [6.45, 7) is 6.01. The van der Waals surface area contributed by atoms with Crippen molar-refractivity contribution in [2.45, 2.75) is 58.5 Å². The van der Waals surface area contributed by atoms with Crippen LogP contribution in [-0.4, -0.2) is 18.0 Å². The fourth-order valence-electron chi connectivity index (χ4n) is 3.27. The molecule has 0 amide bonds. The van der Waals surface area contributed by atoms with E-state index in [4.69, 9.17) is 4.74 Å². The molecular formula is C17H23FO2. The summed E-state index contributed by atoms with van der Waals surface area (Å²) in [6, 6.07) is 3.29. The highest BCUT2D eigenvalue weighted by atomic mass is 19.1. The van der Waals surface area contributed by atoms with E-state index in [1.807, 2.05) is 19.9 Å². The summed E-state index contributed by atoms with van der Waals surface area (Å²) in [4.78, 5) is 12.9. The second kappa shape index (κ2) is 6.04. The number of Topliss-reactive ketones (excluding diaryl/α,β-unsaturated/α-hetero) is 1. The Bertz CT molecular complexity index is 473. The molecule has 1 aromatic rings. The number of carbonyl (C=O) groups excluding carboxylic acids is 1. The van der Waals surface area contributed by atoms with Crippen LogP contribution in [0.2, 0.25) is 0 Å². The van der Waals surface area contributed by atoms with E-state index >= 15 is 0 Å². The fraction of sp³-hybridized carbons (Fsp3) is 0.588. The number of hydrogen-bond donors (Lipinski definition) is 0. The van der Waals surface area contributed by atoms with Crippen LogP contribution in [0.4, 0.5) is 4.39 Å². The maximum absolute atomic E-state index is 14.3. The Morgan fingerprint density at radius 3 is 2.45 bits per heavy atom. The molecular weight excluding hydrogens is 255 g/mol. The minimum atomic E-state index is -0.812. The van der Waals surface area contributed by atoms with Gasteiger partial charge in [-0.25, -0.2) is 4.39 Å². The van der Waals surface area contributed by atoms with Crippen LogP contribution in [0.15, 0.2) is 12.1 Å². The van der Waals surface area contributed by atoms with Gasteiger partial charge in [0.1, 0.15) is 11.4 Å². The van der Waals surface area contributed by atoms with Gasteiger partial charge in [0.05, 0.1) is 5.56 Å². The molecule has 0 atom stereocenters. The molecule has 3 heteroatoms. The SMILES string of the molecule is CCOC1(C(=O)c2c(C)cc(C)cc2F)CCCCC1. The topological polar surface area (TPSA) is 26.3 Å². The zero-order valence-electron chi connectivity index (χ0n) is 12.6. The second-order valence-corrected chi connectivity index (χ2v) is 5.76. The maximum Gasteiger partial charge on any atom is 0.197 e. The minimum Gasteiger partial charge on any atom is -0.367 e. The highest BCUT2D eigenvalue weighted by Crippen LogP contribution is 2.36. The molecule has 0 N–H and O–H groups in total. The molecule has 1 aliphatic rings. The number of benzene rings is 1. The van der Waals surface area contributed by atoms with Crippen molar-refractivity contribution in [1.82, 2.24) is 0 Å². The highest BCUT2D eigenvalue weighted by molar-refractivity contribution is 6.04. The largest absolute Gasteiger partial charge is 0.367 e. The van der Waals surface area contributed by atoms with E-state index in [1.165, 1.54) is 6.07 Å². The summed E-state index contributed by atoms with van der Waals surface area (Å²) in [5, 5.41) is 0. The first kappa shape index (κ1) is 15.2. The third-order valence-electron chi connectivity index (χ3n) is 4.15. The van der Waals surface area contributed by atoms with Crippen molar-refractivity contribution < 1.29 is 13.9 Å². The van der Waals surface area contributed by atoms with Crippen molar-refractivity contribution in [2.75, 3.05) is 6.61 Å². The predicted octanol–water partition coefficient (Wildman–Crippen LogP) is 4.36. The van der Waals surface area contributed by atoms with Crippen LogP contribution >= 0.6 is 0 Å². The predicted molar refractivity (Wildman–Crippen MR) is 77.6 cm³/mol. The van der Waals surface area contributed by atoms with Gasteiger partial charge in [0.2, 0.25) is 0 Å². The zero-order valence-corrected chi connectivity index (χ0v) is 12.6. The van der Waals surface area contributed by atoms with Crippen molar-refractivity contribution in [1.29, 1.82) is 0 Å². The molecule has 0 heterocycles. The first-order valence-electron chi connectivity index (χ1n) is 7.45. The van der Waals surface area contributed by atoms with Crippen molar-refractivity contribution in [3.8, 4) is 0 Å². The smallest absolute Gasteiger partial charge is 0.197 e. The normalized spacial score (nSPS) is 18.0. The van der Waals surface area contributed by atoms with E-state index in [1.54, 1.807) is 6.92 Å². The van der Waals surface area contributed by atoms with Gasteiger partial charge in [-0.2, -0.15) is 0 Å². The van der Waals surface area contributed by atoms with Gasteiger partial charge in [-0.05, 0) is 50.8 Å². The molecule has 0 bridgehead atoms. The lowest BCUT2D eigenvalue weighted by Crippen LogP contribution is -2.44. The Labute approximate surface area is 120 Å². The lowest BCUT2D eigenvalue weighted by molar-refractivity contribution is -0.0413. The molecule has 0 saturated heterocycles. The fourth-order valence-corrected chi connectivity index (χ4v) is 3.27. The monoisotopic (exact) mass is 278 g/mol. The van der Waals surface area contributed by atoms with Gasteiger partial charge in [0.25, 0.3) is 0 Å². The molecule has 0 unspecified atom stereocenters. The average Bonchev–Trinajstić information content (AvgIpc) is 2.38. The summed E-state index contributed by atoms with van der Waals surface area (Å²) in [6.07, 6.45) is 4.47. The molecule has 2 rings (SSSR count). The van der Waals surface area contributed by atoms with E-state index < -0.39 is 11.4 Å². The molecule has 0 aromatic heterocycles. The molecule has 1 fully saturated rings. The van der Waals surface area contributed by atoms with Crippen LogP contribution in [0.25, 0.3) is 0 Å². The summed E-state index contributed by atoms with van der Waals surface area (Å²) < 4.78 is 20.1. The number of rotatable bonds is 4. The second-order valence-electron chi connectivity index (χ2n) is 5.76. The first-order chi connectivity index (χ1) is 9.50. The van der Waals surface area contributed by atoms with E-state index in [0.29, 0.717) is 25.0 Å². The molecule has 0 spiro atoms. The van der Waals surface area contributed by atoms with Crippen LogP contribution in [0, 0.1) is 19.7 Å². The molecule has 110 valence electrons. The standard InChI is InChI=1S/C17H23FO2/c1-4-20-17(8-6-5-7-9-17)16(19)15-13(3)10-12(2)11-14(15)18/h10-11H,4-9H2,1-3H3. The zero-order chi connectivity index (χ0) is 14.8. The molecule has 1 aliphatic carbocycles. The highest BCUT2D eigenvalue weighted by Gasteiger charge is 2.42. The van der Waals surface area contributed by atoms with E-state index in [2.05, 4.69) is 0 Å². The Hall–Kier alpha value is -1.22. The quantitative estimate of drug-likeness (QED) is 0.765. The Kier molecular flexibility index (Phi) is 4.59. The third kappa shape index (κ3) is 2.78. The number of carbonyl (C=O) groups is 1. The maximum atomic E-state index is 14.3. The summed E-state index contributed by atoms with van der Waals surface area (Å²) >= 11 is 0. The van der Waals surface area contributed by atoms with E-state index in [9.17, 15) is 9.18 Å². The van der Waals surface area contributed by atoms with Crippen LogP contribution in [0.3, 0.4) is 0 Å². The number of ether oxygens (including phenoxy) is 1. The van der Waals surface area contributed by atoms with E-state index in [-0.39, 0.29) is 11.3 Å². The molecule has 0 aliphatic heterocycles. The van der Waals surface area contributed by atoms with Gasteiger partial charge in [0.15, 0.2) is 5.78 Å². The van der Waals surface area contributed by atoms with Gasteiger partial charge in [-0.15, -0.1) is 0 Å². The lowest BCUT2D eigenvalue weighted by Gasteiger charge is -2.36. The molecule has 2 nitrogen and oxygen atoms in total. The van der Waals surface area contributed by atoms with E-state index in [0.717, 1.165) is 24.8 Å². The van der Waals surface area contributed by atoms with Gasteiger partial charge < -0.3 is 4.74 Å². The van der Waals surface area contributed by atoms with Crippen molar-refractivity contribution in [3.63, 3.8) is 0 Å². The van der Waals surface area contributed by atoms with Gasteiger partial charge in [0, 0.05) is 6.61 Å². The number of hydrogen-bond acceptors (Lipinski definition) is 2. The summed E-state index contributed by atoms with van der Waals surface area (Å²) in [7, 11) is 0. The number of halogens is 1. The van der Waals surface area contributed by atoms with Crippen LogP contribution in [-0.2, 0) is 4.74 Å². The first-order valence-corrected chi connectivity index (χ1v) is 7.45. The number of aryl methyl sites for hydroxylation is 2. The minimum absolute atomic E-state index is 0.172. The molecule has 1 saturated carbocycles. The summed E-state index contributed by atoms with van der Waals surface area (Å²) in [5.74, 6) is -0.591. The molecule has 20 heavy (non-hydrogen) atoms. The van der Waals surface area contributed by atoms with Gasteiger partial charge in [-0.1, -0.05) is 25.3 Å². The Balaban J connectivity index is 2.42. The van der Waals surface area contributed by atoms with Crippen LogP contribution in [0.5, 0.6) is 0 Å². The molecule has 1 aromatic carbocycles. The van der Waals surface area contributed by atoms with Gasteiger partial charge >= 0.3 is 0 Å².